The van der Waals surface area contributed by atoms with Crippen LogP contribution in [0.3, 0.4) is 0 Å². The van der Waals surface area contributed by atoms with Gasteiger partial charge >= 0.3 is 12.2 Å². The molecule has 6 amide bonds. The largest absolute Gasteiger partial charge is 0.494 e. The Balaban J connectivity index is 0.797. The first-order chi connectivity index (χ1) is 32.6. The summed E-state index contributed by atoms with van der Waals surface area (Å²) in [4.78, 5) is 86.8. The Labute approximate surface area is 396 Å². The third-order valence-electron chi connectivity index (χ3n) is 13.4. The van der Waals surface area contributed by atoms with Crippen LogP contribution in [0.1, 0.15) is 88.8 Å². The molecule has 0 radical (unpaired) electrons. The Morgan fingerprint density at radius 2 is 1.67 bits per heavy atom. The van der Waals surface area contributed by atoms with Gasteiger partial charge in [0, 0.05) is 62.3 Å². The van der Waals surface area contributed by atoms with E-state index < -0.39 is 82.7 Å². The fourth-order valence-electron chi connectivity index (χ4n) is 9.97. The highest BCUT2D eigenvalue weighted by molar-refractivity contribution is 6.30. The molecule has 0 spiro atoms. The van der Waals surface area contributed by atoms with Crippen LogP contribution in [0, 0.1) is 29.1 Å². The number of likely N-dealkylation sites (tertiary alicyclic amines) is 1. The number of aromatic nitrogens is 1. The summed E-state index contributed by atoms with van der Waals surface area (Å²) in [7, 11) is 0. The molecule has 3 aliphatic carbocycles. The Bertz CT molecular complexity index is 2480. The van der Waals surface area contributed by atoms with Crippen molar-refractivity contribution in [2.24, 2.45) is 10.8 Å². The maximum absolute atomic E-state index is 14.0. The smallest absolute Gasteiger partial charge is 0.417 e. The minimum absolute atomic E-state index is 0.0153. The molecule has 1 aromatic heterocycles. The predicted molar refractivity (Wildman–Crippen MR) is 239 cm³/mol. The summed E-state index contributed by atoms with van der Waals surface area (Å²) in [5.41, 5.74) is -3.95. The quantitative estimate of drug-likeness (QED) is 0.0746. The number of urea groups is 1. The van der Waals surface area contributed by atoms with E-state index >= 15 is 0 Å². The molecule has 3 heterocycles. The highest BCUT2D eigenvalue weighted by Crippen LogP contribution is 2.73. The number of anilines is 2. The van der Waals surface area contributed by atoms with Gasteiger partial charge in [0.15, 0.2) is 6.39 Å². The first-order valence-electron chi connectivity index (χ1n) is 22.7. The molecule has 3 saturated carbocycles. The van der Waals surface area contributed by atoms with Crippen molar-refractivity contribution >= 4 is 47.3 Å². The highest BCUT2D eigenvalue weighted by atomic mass is 19.4. The molecule has 2 saturated heterocycles. The number of aliphatic hydroxyl groups excluding tert-OH is 1. The summed E-state index contributed by atoms with van der Waals surface area (Å²) in [6.45, 7) is 8.78. The fraction of sp³-hybridized carbons (Fsp3) is 0.542. The fourth-order valence-corrected chi connectivity index (χ4v) is 9.97. The summed E-state index contributed by atoms with van der Waals surface area (Å²) in [5.74, 6) is -1.13. The Hall–Kier alpha value is -6.37. The summed E-state index contributed by atoms with van der Waals surface area (Å²) in [5, 5.41) is 25.3. The summed E-state index contributed by atoms with van der Waals surface area (Å²) in [6.07, 6.45) is -0.322. The number of β-amino-alcohol motifs (C(OH)–C–C–N with tert-alkyl or cyclic N) is 1. The molecule has 3 N–H and O–H groups in total. The van der Waals surface area contributed by atoms with Gasteiger partial charge in [0.2, 0.25) is 17.7 Å². The van der Waals surface area contributed by atoms with E-state index in [1.807, 2.05) is 6.92 Å². The average Bonchev–Trinajstić information content (AvgIpc) is 3.94. The number of halogens is 3. The lowest BCUT2D eigenvalue weighted by molar-refractivity contribution is -0.155. The normalized spacial score (nSPS) is 23.2. The van der Waals surface area contributed by atoms with Gasteiger partial charge in [-0.1, -0.05) is 13.8 Å². The van der Waals surface area contributed by atoms with E-state index in [9.17, 15) is 47.0 Å². The van der Waals surface area contributed by atoms with Gasteiger partial charge in [0.1, 0.15) is 42.0 Å². The number of nitrogens with one attached hydrogen (secondary N) is 2. The first-order valence-corrected chi connectivity index (χ1v) is 22.7. The number of hydrogen-bond acceptors (Lipinski definition) is 13. The van der Waals surface area contributed by atoms with E-state index in [2.05, 4.69) is 15.6 Å². The number of oxazole rings is 1. The van der Waals surface area contributed by atoms with E-state index in [1.54, 1.807) is 24.3 Å². The van der Waals surface area contributed by atoms with E-state index in [-0.39, 0.29) is 42.7 Å². The highest BCUT2D eigenvalue weighted by Gasteiger charge is 2.70. The molecule has 3 atom stereocenters. The van der Waals surface area contributed by atoms with Crippen LogP contribution in [0.25, 0.3) is 0 Å². The van der Waals surface area contributed by atoms with E-state index in [4.69, 9.17) is 23.9 Å². The molecule has 69 heavy (non-hydrogen) atoms. The van der Waals surface area contributed by atoms with Crippen LogP contribution in [0.2, 0.25) is 0 Å². The molecule has 18 nitrogen and oxygen atoms in total. The molecular formula is C48H56F3N7O11. The lowest BCUT2D eigenvalue weighted by Crippen LogP contribution is -2.68. The van der Waals surface area contributed by atoms with Crippen molar-refractivity contribution in [1.29, 1.82) is 5.26 Å². The van der Waals surface area contributed by atoms with Crippen molar-refractivity contribution in [3.63, 3.8) is 0 Å². The number of carbonyl (C=O) groups excluding carboxylic acids is 6. The molecule has 3 aromatic rings. The number of nitriles is 1. The van der Waals surface area contributed by atoms with Crippen molar-refractivity contribution in [2.75, 3.05) is 55.9 Å². The number of carbonyl (C=O) groups is 6. The van der Waals surface area contributed by atoms with Crippen LogP contribution >= 0.6 is 0 Å². The zero-order chi connectivity index (χ0) is 50.1. The number of aldehydes is 1. The SMILES string of the molecule is Cc1ncoc1C12CC(CNC(=O)[C@@H]3C[C@@H](O)CN3C(=O)C(NC(=O)COCCCOCCCOc3ccc(N4C(=O)N(c5ccc(C#N)c(C(F)(F)F)c5)C(=O)C4(C)C)cc3)C(C)(C)C=O)(C1)C2. The molecule has 1 unspecified atom stereocenters. The molecule has 2 bridgehead atoms. The molecule has 5 fully saturated rings. The third-order valence-corrected chi connectivity index (χ3v) is 13.4. The second-order valence-corrected chi connectivity index (χ2v) is 19.5. The molecule has 370 valence electrons. The summed E-state index contributed by atoms with van der Waals surface area (Å²) in [6, 6.07) is 7.24. The minimum Gasteiger partial charge on any atom is -0.494 e. The Kier molecular flexibility index (Phi) is 14.3. The summed E-state index contributed by atoms with van der Waals surface area (Å²) >= 11 is 0. The molecule has 2 aliphatic heterocycles. The van der Waals surface area contributed by atoms with Crippen molar-refractivity contribution < 1.29 is 65.7 Å². The Morgan fingerprint density at radius 3 is 2.29 bits per heavy atom. The number of aryl methyl sites for hydroxylation is 1. The van der Waals surface area contributed by atoms with Crippen molar-refractivity contribution in [2.45, 2.75) is 108 Å². The van der Waals surface area contributed by atoms with E-state index in [0.717, 1.165) is 42.8 Å². The number of alkyl halides is 3. The lowest BCUT2D eigenvalue weighted by atomic mass is 9.34. The number of rotatable bonds is 21. The molecule has 2 aromatic carbocycles. The average molecular weight is 964 g/mol. The zero-order valence-electron chi connectivity index (χ0n) is 39.0. The van der Waals surface area contributed by atoms with E-state index in [0.29, 0.717) is 61.3 Å². The maximum atomic E-state index is 14.0. The maximum Gasteiger partial charge on any atom is 0.417 e. The summed E-state index contributed by atoms with van der Waals surface area (Å²) < 4.78 is 63.5. The molecular weight excluding hydrogens is 908 g/mol. The van der Waals surface area contributed by atoms with Crippen LogP contribution in [-0.2, 0) is 45.0 Å². The minimum atomic E-state index is -4.88. The molecule has 5 aliphatic rings. The van der Waals surface area contributed by atoms with Gasteiger partial charge in [-0.15, -0.1) is 0 Å². The van der Waals surface area contributed by atoms with Crippen LogP contribution in [-0.4, -0.2) is 121 Å². The van der Waals surface area contributed by atoms with Gasteiger partial charge in [-0.25, -0.2) is 14.7 Å². The van der Waals surface area contributed by atoms with Gasteiger partial charge in [-0.3, -0.25) is 24.1 Å². The number of aliphatic hydroxyl groups is 1. The first kappa shape index (κ1) is 50.5. The van der Waals surface area contributed by atoms with Crippen molar-refractivity contribution in [1.82, 2.24) is 20.5 Å². The monoisotopic (exact) mass is 963 g/mol. The van der Waals surface area contributed by atoms with Gasteiger partial charge < -0.3 is 44.1 Å². The number of nitrogens with zero attached hydrogens (tertiary/aromatic N) is 5. The topological polar surface area (TPSA) is 234 Å². The van der Waals surface area contributed by atoms with Crippen molar-refractivity contribution in [3.05, 3.63) is 71.4 Å². The number of imide groups is 1. The number of hydrogen-bond donors (Lipinski definition) is 3. The Morgan fingerprint density at radius 1 is 1.01 bits per heavy atom. The standard InChI is InChI=1S/C48H56F3N7O11/c1-29-39(69-28-54-29)47-23-46(24-47,25-47)26-53-40(62)36-19-33(60)21-56(36)41(63)38(44(2,3)27-59)55-37(61)22-67-16-6-14-66-15-7-17-68-34-12-10-31(11-13-34)58-43(65)57(42(64)45(58,4)5)32-9-8-30(20-52)35(18-32)48(49,50)51/h8-13,18,27-28,33,36,38,60H,6-7,14-17,19,21-26H2,1-5H3,(H,53,62)(H,55,61)/t33-,36+,38?,46?,47?/m1/s1. The predicted octanol–water partition coefficient (Wildman–Crippen LogP) is 4.73. The van der Waals surface area contributed by atoms with Crippen LogP contribution in [0.4, 0.5) is 29.3 Å². The molecule has 8 rings (SSSR count). The molecule has 21 heteroatoms. The van der Waals surface area contributed by atoms with Crippen molar-refractivity contribution in [3.8, 4) is 11.8 Å². The van der Waals surface area contributed by atoms with Crippen LogP contribution in [0.5, 0.6) is 5.75 Å². The van der Waals surface area contributed by atoms with Gasteiger partial charge in [0.25, 0.3) is 5.91 Å². The lowest BCUT2D eigenvalue weighted by Gasteiger charge is -2.69. The number of ether oxygens (including phenoxy) is 3. The second kappa shape index (κ2) is 19.6. The third kappa shape index (κ3) is 10.2. The number of amides is 6. The van der Waals surface area contributed by atoms with E-state index in [1.165, 1.54) is 50.0 Å². The van der Waals surface area contributed by atoms with Gasteiger partial charge in [-0.2, -0.15) is 18.4 Å². The van der Waals surface area contributed by atoms with Gasteiger partial charge in [-0.05, 0) is 94.3 Å². The van der Waals surface area contributed by atoms with Crippen LogP contribution < -0.4 is 25.2 Å². The second-order valence-electron chi connectivity index (χ2n) is 19.5. The van der Waals surface area contributed by atoms with Crippen LogP contribution in [0.15, 0.2) is 53.3 Å². The zero-order valence-corrected chi connectivity index (χ0v) is 39.0. The van der Waals surface area contributed by atoms with Gasteiger partial charge in [0.05, 0.1) is 41.3 Å². The number of benzene rings is 2.